The lowest BCUT2D eigenvalue weighted by Gasteiger charge is -2.06. The van der Waals surface area contributed by atoms with Gasteiger partial charge in [-0.25, -0.2) is 18.1 Å². The molecule has 1 aromatic rings. The van der Waals surface area contributed by atoms with Crippen LogP contribution in [0.1, 0.15) is 33.4 Å². The van der Waals surface area contributed by atoms with E-state index in [0.717, 1.165) is 11.3 Å². The largest absolute Gasteiger partial charge is 0.252 e. The topological polar surface area (TPSA) is 59.1 Å². The van der Waals surface area contributed by atoms with Gasteiger partial charge in [0.05, 0.1) is 5.69 Å². The van der Waals surface area contributed by atoms with E-state index < -0.39 is 10.0 Å². The van der Waals surface area contributed by atoms with E-state index in [2.05, 4.69) is 37.4 Å². The lowest BCUT2D eigenvalue weighted by Crippen LogP contribution is -2.29. The fraction of sp³-hybridized carbons (Fsp3) is 0.727. The normalized spacial score (nSPS) is 22.1. The van der Waals surface area contributed by atoms with E-state index in [1.54, 1.807) is 6.92 Å². The molecule has 1 saturated carbocycles. The highest BCUT2D eigenvalue weighted by Gasteiger charge is 2.66. The summed E-state index contributed by atoms with van der Waals surface area (Å²) in [5, 5.41) is 0. The molecule has 1 aromatic heterocycles. The molecule has 0 aliphatic heterocycles. The highest BCUT2D eigenvalue weighted by atomic mass is 35.5. The van der Waals surface area contributed by atoms with Gasteiger partial charge in [-0.1, -0.05) is 50.6 Å². The van der Waals surface area contributed by atoms with Gasteiger partial charge in [-0.15, -0.1) is 0 Å². The Hall–Kier alpha value is -0.170. The van der Waals surface area contributed by atoms with Crippen molar-refractivity contribution in [3.8, 4) is 0 Å². The number of thiazole rings is 1. The lowest BCUT2D eigenvalue weighted by molar-refractivity contribution is 0.457. The fourth-order valence-electron chi connectivity index (χ4n) is 2.30. The van der Waals surface area contributed by atoms with Gasteiger partial charge in [0.1, 0.15) is 0 Å². The molecule has 1 aliphatic rings. The van der Waals surface area contributed by atoms with Crippen LogP contribution in [-0.4, -0.2) is 19.4 Å². The molecule has 0 atom stereocenters. The van der Waals surface area contributed by atoms with Crippen LogP contribution in [0, 0.1) is 17.8 Å². The van der Waals surface area contributed by atoms with Crippen LogP contribution in [0.5, 0.6) is 0 Å². The Kier molecular flexibility index (Phi) is 3.10. The predicted molar refractivity (Wildman–Crippen MR) is 73.5 cm³/mol. The van der Waals surface area contributed by atoms with Gasteiger partial charge in [0.25, 0.3) is 10.0 Å². The Labute approximate surface area is 117 Å². The van der Waals surface area contributed by atoms with Crippen LogP contribution in [0.25, 0.3) is 0 Å². The molecule has 1 aliphatic carbocycles. The quantitative estimate of drug-likeness (QED) is 0.934. The number of rotatable bonds is 3. The van der Waals surface area contributed by atoms with Crippen LogP contribution >= 0.6 is 22.9 Å². The third-order valence-electron chi connectivity index (χ3n) is 4.27. The second-order valence-electron chi connectivity index (χ2n) is 5.84. The summed E-state index contributed by atoms with van der Waals surface area (Å²) < 4.78 is 27.8. The Balaban J connectivity index is 2.28. The maximum Gasteiger partial charge on any atom is 0.252 e. The van der Waals surface area contributed by atoms with Gasteiger partial charge in [-0.2, -0.15) is 0 Å². The van der Waals surface area contributed by atoms with E-state index >= 15 is 0 Å². The van der Waals surface area contributed by atoms with E-state index in [0.29, 0.717) is 5.69 Å². The molecule has 7 heteroatoms. The first-order chi connectivity index (χ1) is 8.00. The van der Waals surface area contributed by atoms with Gasteiger partial charge < -0.3 is 0 Å². The first kappa shape index (κ1) is 14.2. The monoisotopic (exact) mass is 308 g/mol. The van der Waals surface area contributed by atoms with Crippen molar-refractivity contribution in [3.05, 3.63) is 10.2 Å². The van der Waals surface area contributed by atoms with Crippen molar-refractivity contribution in [1.82, 2.24) is 9.71 Å². The van der Waals surface area contributed by atoms with Gasteiger partial charge in [-0.3, -0.25) is 0 Å². The average Bonchev–Trinajstić information content (AvgIpc) is 2.52. The summed E-state index contributed by atoms with van der Waals surface area (Å²) in [4.78, 5) is 3.94. The van der Waals surface area contributed by atoms with Crippen LogP contribution in [0.3, 0.4) is 0 Å². The average molecular weight is 309 g/mol. The Bertz CT molecular complexity index is 576. The van der Waals surface area contributed by atoms with E-state index in [9.17, 15) is 8.42 Å². The van der Waals surface area contributed by atoms with Crippen molar-refractivity contribution in [3.63, 3.8) is 0 Å². The molecular weight excluding hydrogens is 292 g/mol. The van der Waals surface area contributed by atoms with E-state index in [1.165, 1.54) is 0 Å². The van der Waals surface area contributed by atoms with Crippen LogP contribution in [-0.2, 0) is 10.0 Å². The number of aryl methyl sites for hydroxylation is 1. The number of halogens is 1. The summed E-state index contributed by atoms with van der Waals surface area (Å²) >= 11 is 6.75. The van der Waals surface area contributed by atoms with Crippen molar-refractivity contribution in [2.45, 2.75) is 44.9 Å². The van der Waals surface area contributed by atoms with Gasteiger partial charge in [0, 0.05) is 6.04 Å². The molecule has 0 bridgehead atoms. The summed E-state index contributed by atoms with van der Waals surface area (Å²) in [5.41, 5.74) is 0.374. The smallest absolute Gasteiger partial charge is 0.229 e. The minimum absolute atomic E-state index is 0.0392. The first-order valence-corrected chi connectivity index (χ1v) is 8.33. The molecule has 102 valence electrons. The number of aromatic nitrogens is 1. The van der Waals surface area contributed by atoms with E-state index in [1.807, 2.05) is 0 Å². The fourth-order valence-corrected chi connectivity index (χ4v) is 5.59. The summed E-state index contributed by atoms with van der Waals surface area (Å²) in [6, 6.07) is -0.0599. The van der Waals surface area contributed by atoms with Crippen molar-refractivity contribution >= 4 is 33.0 Å². The molecule has 0 saturated heterocycles. The van der Waals surface area contributed by atoms with Crippen LogP contribution < -0.4 is 4.72 Å². The molecular formula is C11H17ClN2O2S2. The zero-order valence-electron chi connectivity index (χ0n) is 11.0. The number of nitrogens with one attached hydrogen (secondary N) is 1. The second kappa shape index (κ2) is 3.91. The second-order valence-corrected chi connectivity index (χ2v) is 9.33. The van der Waals surface area contributed by atoms with Crippen LogP contribution in [0.4, 0.5) is 0 Å². The highest BCUT2D eigenvalue weighted by Crippen LogP contribution is 2.63. The molecule has 0 spiro atoms. The Morgan fingerprint density at radius 1 is 1.28 bits per heavy atom. The third-order valence-corrected chi connectivity index (χ3v) is 7.56. The molecule has 2 rings (SSSR count). The minimum Gasteiger partial charge on any atom is -0.229 e. The van der Waals surface area contributed by atoms with Crippen molar-refractivity contribution in [2.24, 2.45) is 10.8 Å². The van der Waals surface area contributed by atoms with Gasteiger partial charge >= 0.3 is 0 Å². The summed E-state index contributed by atoms with van der Waals surface area (Å²) in [7, 11) is -3.53. The number of hydrogen-bond acceptors (Lipinski definition) is 4. The molecule has 0 amide bonds. The number of sulfonamides is 1. The summed E-state index contributed by atoms with van der Waals surface area (Å²) in [5.74, 6) is 0. The Morgan fingerprint density at radius 2 is 1.78 bits per heavy atom. The van der Waals surface area contributed by atoms with Crippen molar-refractivity contribution < 1.29 is 8.42 Å². The van der Waals surface area contributed by atoms with Gasteiger partial charge in [0.2, 0.25) is 0 Å². The molecule has 0 aromatic carbocycles. The molecule has 1 fully saturated rings. The maximum atomic E-state index is 12.3. The molecule has 4 nitrogen and oxygen atoms in total. The molecule has 0 radical (unpaired) electrons. The van der Waals surface area contributed by atoms with Gasteiger partial charge in [0.15, 0.2) is 8.68 Å². The third kappa shape index (κ3) is 1.99. The lowest BCUT2D eigenvalue weighted by atomic mass is 10.0. The SMILES string of the molecule is Cc1nc(Cl)sc1S(=O)(=O)NC1C(C)(C)C1(C)C. The highest BCUT2D eigenvalue weighted by molar-refractivity contribution is 7.91. The maximum absolute atomic E-state index is 12.3. The van der Waals surface area contributed by atoms with Crippen LogP contribution in [0.15, 0.2) is 4.21 Å². The molecule has 0 unspecified atom stereocenters. The number of nitrogens with zero attached hydrogens (tertiary/aromatic N) is 1. The molecule has 18 heavy (non-hydrogen) atoms. The Morgan fingerprint density at radius 3 is 2.11 bits per heavy atom. The van der Waals surface area contributed by atoms with E-state index in [-0.39, 0.29) is 25.5 Å². The van der Waals surface area contributed by atoms with Crippen molar-refractivity contribution in [2.75, 3.05) is 0 Å². The molecule has 1 heterocycles. The first-order valence-electron chi connectivity index (χ1n) is 5.65. The minimum atomic E-state index is -3.53. The zero-order valence-corrected chi connectivity index (χ0v) is 13.4. The predicted octanol–water partition coefficient (Wildman–Crippen LogP) is 2.82. The summed E-state index contributed by atoms with van der Waals surface area (Å²) in [6.07, 6.45) is 0. The van der Waals surface area contributed by atoms with Gasteiger partial charge in [-0.05, 0) is 17.8 Å². The standard InChI is InChI=1S/C11H17ClN2O2S2/c1-6-7(17-9(12)13-6)18(15,16)14-8-10(2,3)11(8,4)5/h8,14H,1-5H3. The summed E-state index contributed by atoms with van der Waals surface area (Å²) in [6.45, 7) is 9.90. The van der Waals surface area contributed by atoms with Crippen LogP contribution in [0.2, 0.25) is 4.47 Å². The van der Waals surface area contributed by atoms with Crippen molar-refractivity contribution in [1.29, 1.82) is 0 Å². The van der Waals surface area contributed by atoms with E-state index in [4.69, 9.17) is 11.6 Å². The zero-order chi connectivity index (χ0) is 13.9. The number of hydrogen-bond donors (Lipinski definition) is 1. The molecule has 1 N–H and O–H groups in total.